The van der Waals surface area contributed by atoms with Gasteiger partial charge >= 0.3 is 12.0 Å². The van der Waals surface area contributed by atoms with Crippen molar-refractivity contribution < 1.29 is 14.7 Å². The molecular weight excluding hydrogens is 208 g/mol. The highest BCUT2D eigenvalue weighted by molar-refractivity contribution is 5.83. The molecule has 0 aromatic heterocycles. The lowest BCUT2D eigenvalue weighted by molar-refractivity contribution is -0.141. The highest BCUT2D eigenvalue weighted by Crippen LogP contribution is 2.19. The van der Waals surface area contributed by atoms with E-state index in [1.165, 1.54) is 0 Å². The number of hydrogen-bond donors (Lipinski definition) is 3. The van der Waals surface area contributed by atoms with Crippen molar-refractivity contribution in [1.29, 1.82) is 0 Å². The lowest BCUT2D eigenvalue weighted by Crippen LogP contribution is -2.52. The van der Waals surface area contributed by atoms with E-state index in [0.717, 1.165) is 0 Å². The maximum atomic E-state index is 11.3. The van der Waals surface area contributed by atoms with Crippen molar-refractivity contribution in [3.63, 3.8) is 0 Å². The minimum atomic E-state index is -1.06. The topological polar surface area (TPSA) is 78.4 Å². The number of terminal acetylenes is 1. The van der Waals surface area contributed by atoms with Gasteiger partial charge in [-0.15, -0.1) is 12.3 Å². The summed E-state index contributed by atoms with van der Waals surface area (Å²) in [6.07, 6.45) is 5.43. The first kappa shape index (κ1) is 14.3. The highest BCUT2D eigenvalue weighted by Gasteiger charge is 2.32. The molecule has 0 unspecified atom stereocenters. The van der Waals surface area contributed by atoms with E-state index in [4.69, 9.17) is 11.5 Å². The maximum absolute atomic E-state index is 11.3. The van der Waals surface area contributed by atoms with Crippen LogP contribution in [0, 0.1) is 17.8 Å². The number of rotatable bonds is 4. The van der Waals surface area contributed by atoms with Crippen molar-refractivity contribution in [1.82, 2.24) is 10.6 Å². The molecule has 0 saturated carbocycles. The zero-order valence-electron chi connectivity index (χ0n) is 9.83. The number of hydrogen-bond acceptors (Lipinski definition) is 2. The third-order valence-corrected chi connectivity index (χ3v) is 1.94. The number of aliphatic carboxylic acids is 1. The molecule has 1 atom stereocenters. The van der Waals surface area contributed by atoms with Gasteiger partial charge in [-0.2, -0.15) is 0 Å². The molecule has 16 heavy (non-hydrogen) atoms. The van der Waals surface area contributed by atoms with Gasteiger partial charge in [0.15, 0.2) is 0 Å². The van der Waals surface area contributed by atoms with E-state index < -0.39 is 23.5 Å². The number of carboxylic acid groups (broad SMARTS) is 1. The minimum Gasteiger partial charge on any atom is -0.480 e. The second kappa shape index (κ2) is 6.01. The molecule has 0 rings (SSSR count). The number of urea groups is 1. The van der Waals surface area contributed by atoms with Crippen LogP contribution in [-0.2, 0) is 4.79 Å². The van der Waals surface area contributed by atoms with Crippen molar-refractivity contribution in [2.75, 3.05) is 6.54 Å². The van der Waals surface area contributed by atoms with Crippen LogP contribution in [0.15, 0.2) is 0 Å². The van der Waals surface area contributed by atoms with Crippen LogP contribution in [0.4, 0.5) is 4.79 Å². The Balaban J connectivity index is 4.27. The Hall–Kier alpha value is -1.70. The maximum Gasteiger partial charge on any atom is 0.326 e. The minimum absolute atomic E-state index is 0.332. The number of carbonyl (C=O) groups is 2. The van der Waals surface area contributed by atoms with Gasteiger partial charge in [-0.05, 0) is 5.41 Å². The zero-order valence-corrected chi connectivity index (χ0v) is 9.83. The fourth-order valence-electron chi connectivity index (χ4n) is 1.08. The first-order chi connectivity index (χ1) is 7.29. The van der Waals surface area contributed by atoms with E-state index in [1.807, 2.05) is 0 Å². The average molecular weight is 226 g/mol. The Kier molecular flexibility index (Phi) is 5.37. The Morgan fingerprint density at radius 1 is 1.44 bits per heavy atom. The van der Waals surface area contributed by atoms with E-state index in [1.54, 1.807) is 20.8 Å². The number of carboxylic acids is 1. The average Bonchev–Trinajstić information content (AvgIpc) is 2.12. The molecule has 3 N–H and O–H groups in total. The summed E-state index contributed by atoms with van der Waals surface area (Å²) in [5.41, 5.74) is -0.546. The molecule has 0 aliphatic carbocycles. The lowest BCUT2D eigenvalue weighted by Gasteiger charge is -2.27. The molecule has 0 bridgehead atoms. The third-order valence-electron chi connectivity index (χ3n) is 1.94. The second-order valence-corrected chi connectivity index (χ2v) is 4.49. The molecule has 5 heteroatoms. The molecule has 0 spiro atoms. The first-order valence-corrected chi connectivity index (χ1v) is 4.99. The summed E-state index contributed by atoms with van der Waals surface area (Å²) < 4.78 is 0. The monoisotopic (exact) mass is 226 g/mol. The molecular formula is C11H18N2O3. The smallest absolute Gasteiger partial charge is 0.326 e. The van der Waals surface area contributed by atoms with Gasteiger partial charge in [0.25, 0.3) is 0 Å². The van der Waals surface area contributed by atoms with Crippen molar-refractivity contribution in [3.8, 4) is 12.3 Å². The summed E-state index contributed by atoms with van der Waals surface area (Å²) in [6.45, 7) is 5.56. The SMILES string of the molecule is C#CCCNC(=O)N[C@@H](C(=O)O)C(C)(C)C. The van der Waals surface area contributed by atoms with Crippen molar-refractivity contribution >= 4 is 12.0 Å². The molecule has 0 aliphatic rings. The number of nitrogens with one attached hydrogen (secondary N) is 2. The quantitative estimate of drug-likeness (QED) is 0.490. The fourth-order valence-corrected chi connectivity index (χ4v) is 1.08. The molecule has 90 valence electrons. The van der Waals surface area contributed by atoms with Gasteiger partial charge in [-0.25, -0.2) is 9.59 Å². The van der Waals surface area contributed by atoms with Crippen molar-refractivity contribution in [2.45, 2.75) is 33.2 Å². The van der Waals surface area contributed by atoms with Crippen LogP contribution in [0.25, 0.3) is 0 Å². The van der Waals surface area contributed by atoms with Crippen LogP contribution >= 0.6 is 0 Å². The number of amides is 2. The highest BCUT2D eigenvalue weighted by atomic mass is 16.4. The standard InChI is InChI=1S/C11H18N2O3/c1-5-6-7-12-10(16)13-8(9(14)15)11(2,3)4/h1,8H,6-7H2,2-4H3,(H,14,15)(H2,12,13,16)/t8-/m0/s1. The van der Waals surface area contributed by atoms with Gasteiger partial charge in [-0.1, -0.05) is 20.8 Å². The fraction of sp³-hybridized carbons (Fsp3) is 0.636. The van der Waals surface area contributed by atoms with Crippen LogP contribution in [-0.4, -0.2) is 29.7 Å². The molecule has 2 amide bonds. The summed E-state index contributed by atoms with van der Waals surface area (Å²) in [7, 11) is 0. The van der Waals surface area contributed by atoms with Gasteiger partial charge in [0, 0.05) is 13.0 Å². The third kappa shape index (κ3) is 5.25. The molecule has 0 heterocycles. The molecule has 0 aromatic rings. The molecule has 0 saturated heterocycles. The van der Waals surface area contributed by atoms with Gasteiger partial charge in [0.05, 0.1) is 0 Å². The summed E-state index contributed by atoms with van der Waals surface area (Å²) in [5, 5.41) is 13.8. The van der Waals surface area contributed by atoms with Crippen LogP contribution in [0.1, 0.15) is 27.2 Å². The summed E-state index contributed by atoms with van der Waals surface area (Å²) in [6, 6.07) is -1.45. The van der Waals surface area contributed by atoms with Crippen LogP contribution in [0.5, 0.6) is 0 Å². The Morgan fingerprint density at radius 3 is 2.38 bits per heavy atom. The Morgan fingerprint density at radius 2 is 2.00 bits per heavy atom. The van der Waals surface area contributed by atoms with Crippen molar-refractivity contribution in [2.24, 2.45) is 5.41 Å². The van der Waals surface area contributed by atoms with E-state index in [2.05, 4.69) is 16.6 Å². The lowest BCUT2D eigenvalue weighted by atomic mass is 9.87. The summed E-state index contributed by atoms with van der Waals surface area (Å²) >= 11 is 0. The van der Waals surface area contributed by atoms with Crippen LogP contribution in [0.2, 0.25) is 0 Å². The molecule has 5 nitrogen and oxygen atoms in total. The van der Waals surface area contributed by atoms with Crippen LogP contribution in [0.3, 0.4) is 0 Å². The zero-order chi connectivity index (χ0) is 12.8. The summed E-state index contributed by atoms with van der Waals surface area (Å²) in [5.74, 6) is 1.31. The van der Waals surface area contributed by atoms with Crippen LogP contribution < -0.4 is 10.6 Å². The number of carbonyl (C=O) groups excluding carboxylic acids is 1. The predicted octanol–water partition coefficient (Wildman–Crippen LogP) is 0.808. The van der Waals surface area contributed by atoms with Gasteiger partial charge in [0.1, 0.15) is 6.04 Å². The van der Waals surface area contributed by atoms with E-state index in [0.29, 0.717) is 13.0 Å². The van der Waals surface area contributed by atoms with E-state index in [-0.39, 0.29) is 0 Å². The second-order valence-electron chi connectivity index (χ2n) is 4.49. The van der Waals surface area contributed by atoms with Gasteiger partial charge < -0.3 is 15.7 Å². The van der Waals surface area contributed by atoms with Gasteiger partial charge in [0.2, 0.25) is 0 Å². The van der Waals surface area contributed by atoms with Gasteiger partial charge in [-0.3, -0.25) is 0 Å². The van der Waals surface area contributed by atoms with Crippen molar-refractivity contribution in [3.05, 3.63) is 0 Å². The van der Waals surface area contributed by atoms with E-state index in [9.17, 15) is 9.59 Å². The summed E-state index contributed by atoms with van der Waals surface area (Å²) in [4.78, 5) is 22.3. The molecule has 0 radical (unpaired) electrons. The normalized spacial score (nSPS) is 12.4. The molecule has 0 aliphatic heterocycles. The predicted molar refractivity (Wildman–Crippen MR) is 60.9 cm³/mol. The first-order valence-electron chi connectivity index (χ1n) is 4.99. The molecule has 0 fully saturated rings. The van der Waals surface area contributed by atoms with E-state index >= 15 is 0 Å². The largest absolute Gasteiger partial charge is 0.480 e. The Bertz CT molecular complexity index is 299. The Labute approximate surface area is 95.6 Å². The molecule has 0 aromatic carbocycles.